The third-order valence-electron chi connectivity index (χ3n) is 2.49. The molecule has 0 aliphatic heterocycles. The van der Waals surface area contributed by atoms with Crippen LogP contribution in [0, 0.1) is 0 Å². The lowest BCUT2D eigenvalue weighted by molar-refractivity contribution is -0.118. The molecule has 6 nitrogen and oxygen atoms in total. The van der Waals surface area contributed by atoms with Gasteiger partial charge in [0.2, 0.25) is 5.91 Å². The number of hydrogen-bond acceptors (Lipinski definition) is 4. The van der Waals surface area contributed by atoms with Crippen LogP contribution < -0.4 is 16.8 Å². The van der Waals surface area contributed by atoms with Crippen molar-refractivity contribution in [3.05, 3.63) is 35.4 Å². The number of amidine groups is 1. The zero-order chi connectivity index (χ0) is 13.4. The van der Waals surface area contributed by atoms with Crippen molar-refractivity contribution in [3.8, 4) is 0 Å². The molecule has 1 amide bonds. The third-order valence-corrected chi connectivity index (χ3v) is 2.49. The summed E-state index contributed by atoms with van der Waals surface area (Å²) in [6.45, 7) is 1.28. The summed E-state index contributed by atoms with van der Waals surface area (Å²) in [5.41, 5.74) is 12.3. The third kappa shape index (κ3) is 4.42. The van der Waals surface area contributed by atoms with Crippen LogP contribution in [0.15, 0.2) is 29.4 Å². The smallest absolute Gasteiger partial charge is 0.217 e. The number of primary amides is 1. The van der Waals surface area contributed by atoms with Gasteiger partial charge in [0.15, 0.2) is 5.84 Å². The van der Waals surface area contributed by atoms with Crippen molar-refractivity contribution in [3.63, 3.8) is 0 Å². The lowest BCUT2D eigenvalue weighted by atomic mass is 10.1. The van der Waals surface area contributed by atoms with E-state index in [1.165, 1.54) is 0 Å². The quantitative estimate of drug-likeness (QED) is 0.181. The zero-order valence-electron chi connectivity index (χ0n) is 10.1. The maximum atomic E-state index is 10.5. The van der Waals surface area contributed by atoms with Gasteiger partial charge in [-0.05, 0) is 18.5 Å². The topological polar surface area (TPSA) is 114 Å². The Hall–Kier alpha value is -2.08. The average molecular weight is 250 g/mol. The molecule has 0 fully saturated rings. The van der Waals surface area contributed by atoms with E-state index in [2.05, 4.69) is 10.5 Å². The summed E-state index contributed by atoms with van der Waals surface area (Å²) in [4.78, 5) is 10.5. The number of benzene rings is 1. The Bertz CT molecular complexity index is 432. The predicted molar refractivity (Wildman–Crippen MR) is 69.1 cm³/mol. The summed E-state index contributed by atoms with van der Waals surface area (Å²) in [7, 11) is 0. The monoisotopic (exact) mass is 250 g/mol. The van der Waals surface area contributed by atoms with Gasteiger partial charge in [0.1, 0.15) is 0 Å². The lowest BCUT2D eigenvalue weighted by Gasteiger charge is -2.09. The van der Waals surface area contributed by atoms with Crippen LogP contribution in [0.1, 0.15) is 24.0 Å². The highest BCUT2D eigenvalue weighted by atomic mass is 16.4. The molecule has 0 aliphatic carbocycles. The molecule has 0 aromatic heterocycles. The predicted octanol–water partition coefficient (Wildman–Crippen LogP) is 0.136. The van der Waals surface area contributed by atoms with Crippen LogP contribution in [0.2, 0.25) is 0 Å². The first-order valence-electron chi connectivity index (χ1n) is 5.70. The van der Waals surface area contributed by atoms with Crippen LogP contribution in [-0.4, -0.2) is 23.5 Å². The van der Waals surface area contributed by atoms with E-state index in [1.807, 2.05) is 18.2 Å². The average Bonchev–Trinajstić information content (AvgIpc) is 2.37. The molecule has 6 heteroatoms. The van der Waals surface area contributed by atoms with Crippen LogP contribution in [0.3, 0.4) is 0 Å². The molecular weight excluding hydrogens is 232 g/mol. The second-order valence-electron chi connectivity index (χ2n) is 3.89. The zero-order valence-corrected chi connectivity index (χ0v) is 10.1. The number of carbonyl (C=O) groups is 1. The molecule has 0 saturated carbocycles. The van der Waals surface area contributed by atoms with E-state index in [1.54, 1.807) is 6.07 Å². The van der Waals surface area contributed by atoms with Gasteiger partial charge in [0.25, 0.3) is 0 Å². The van der Waals surface area contributed by atoms with E-state index in [4.69, 9.17) is 16.7 Å². The van der Waals surface area contributed by atoms with Gasteiger partial charge in [-0.15, -0.1) is 0 Å². The number of nitrogens with two attached hydrogens (primary N) is 2. The molecule has 0 unspecified atom stereocenters. The molecule has 6 N–H and O–H groups in total. The summed E-state index contributed by atoms with van der Waals surface area (Å²) in [5.74, 6) is -0.210. The molecule has 0 bridgehead atoms. The fourth-order valence-electron chi connectivity index (χ4n) is 1.59. The number of oxime groups is 1. The SMILES string of the molecule is NC(=O)CCCNCc1ccccc1/C(N)=N/O. The van der Waals surface area contributed by atoms with Gasteiger partial charge in [-0.25, -0.2) is 0 Å². The molecule has 0 atom stereocenters. The summed E-state index contributed by atoms with van der Waals surface area (Å²) >= 11 is 0. The van der Waals surface area contributed by atoms with Crippen molar-refractivity contribution in [1.29, 1.82) is 0 Å². The van der Waals surface area contributed by atoms with Gasteiger partial charge >= 0.3 is 0 Å². The molecule has 0 saturated heterocycles. The molecule has 0 aliphatic rings. The minimum absolute atomic E-state index is 0.0875. The fraction of sp³-hybridized carbons (Fsp3) is 0.333. The highest BCUT2D eigenvalue weighted by Crippen LogP contribution is 2.08. The van der Waals surface area contributed by atoms with Crippen LogP contribution in [-0.2, 0) is 11.3 Å². The number of amides is 1. The second kappa shape index (κ2) is 7.29. The van der Waals surface area contributed by atoms with Crippen LogP contribution in [0.4, 0.5) is 0 Å². The van der Waals surface area contributed by atoms with Crippen LogP contribution in [0.5, 0.6) is 0 Å². The Morgan fingerprint density at radius 1 is 1.33 bits per heavy atom. The van der Waals surface area contributed by atoms with E-state index in [9.17, 15) is 4.79 Å². The summed E-state index contributed by atoms with van der Waals surface area (Å²) in [5, 5.41) is 14.8. The van der Waals surface area contributed by atoms with Gasteiger partial charge in [0, 0.05) is 18.5 Å². The Morgan fingerprint density at radius 3 is 2.72 bits per heavy atom. The minimum atomic E-state index is -0.297. The van der Waals surface area contributed by atoms with Crippen LogP contribution in [0.25, 0.3) is 0 Å². The largest absolute Gasteiger partial charge is 0.409 e. The number of hydrogen-bond donors (Lipinski definition) is 4. The van der Waals surface area contributed by atoms with E-state index in [-0.39, 0.29) is 11.7 Å². The van der Waals surface area contributed by atoms with Crippen molar-refractivity contribution in [2.24, 2.45) is 16.6 Å². The van der Waals surface area contributed by atoms with Crippen molar-refractivity contribution >= 4 is 11.7 Å². The molecule has 98 valence electrons. The molecule has 1 aromatic carbocycles. The minimum Gasteiger partial charge on any atom is -0.409 e. The summed E-state index contributed by atoms with van der Waals surface area (Å²) in [6, 6.07) is 7.39. The molecule has 0 spiro atoms. The van der Waals surface area contributed by atoms with Gasteiger partial charge in [-0.1, -0.05) is 29.4 Å². The normalized spacial score (nSPS) is 11.4. The van der Waals surface area contributed by atoms with E-state index < -0.39 is 0 Å². The van der Waals surface area contributed by atoms with Gasteiger partial charge < -0.3 is 22.0 Å². The number of nitrogens with zero attached hydrogens (tertiary/aromatic N) is 1. The Labute approximate surface area is 106 Å². The van der Waals surface area contributed by atoms with Crippen LogP contribution >= 0.6 is 0 Å². The lowest BCUT2D eigenvalue weighted by Crippen LogP contribution is -2.21. The molecule has 1 rings (SSSR count). The van der Waals surface area contributed by atoms with Crippen molar-refractivity contribution in [1.82, 2.24) is 5.32 Å². The highest BCUT2D eigenvalue weighted by molar-refractivity contribution is 5.98. The first kappa shape index (κ1) is 14.0. The van der Waals surface area contributed by atoms with Gasteiger partial charge in [-0.3, -0.25) is 4.79 Å². The fourth-order valence-corrected chi connectivity index (χ4v) is 1.59. The summed E-state index contributed by atoms with van der Waals surface area (Å²) in [6.07, 6.45) is 1.07. The molecule has 18 heavy (non-hydrogen) atoms. The number of nitrogens with one attached hydrogen (secondary N) is 1. The standard InChI is InChI=1S/C12H18N4O2/c13-11(17)6-3-7-15-8-9-4-1-2-5-10(9)12(14)16-18/h1-2,4-5,15,18H,3,6-8H2,(H2,13,17)(H2,14,16). The van der Waals surface area contributed by atoms with Gasteiger partial charge in [0.05, 0.1) is 0 Å². The first-order valence-corrected chi connectivity index (χ1v) is 5.70. The van der Waals surface area contributed by atoms with Crippen molar-refractivity contribution in [2.75, 3.05) is 6.54 Å². The first-order chi connectivity index (χ1) is 8.65. The molecule has 1 aromatic rings. The number of carbonyl (C=O) groups excluding carboxylic acids is 1. The van der Waals surface area contributed by atoms with E-state index >= 15 is 0 Å². The number of rotatable bonds is 7. The van der Waals surface area contributed by atoms with E-state index in [0.717, 1.165) is 5.56 Å². The Morgan fingerprint density at radius 2 is 2.06 bits per heavy atom. The maximum Gasteiger partial charge on any atom is 0.217 e. The molecule has 0 radical (unpaired) electrons. The Kier molecular flexibility index (Phi) is 5.66. The Balaban J connectivity index is 2.49. The molecular formula is C12H18N4O2. The van der Waals surface area contributed by atoms with Gasteiger partial charge in [-0.2, -0.15) is 0 Å². The van der Waals surface area contributed by atoms with E-state index in [0.29, 0.717) is 31.5 Å². The van der Waals surface area contributed by atoms with Crippen molar-refractivity contribution in [2.45, 2.75) is 19.4 Å². The molecule has 0 heterocycles. The maximum absolute atomic E-state index is 10.5. The van der Waals surface area contributed by atoms with Crippen molar-refractivity contribution < 1.29 is 10.0 Å². The second-order valence-corrected chi connectivity index (χ2v) is 3.89. The summed E-state index contributed by atoms with van der Waals surface area (Å²) < 4.78 is 0. The highest BCUT2D eigenvalue weighted by Gasteiger charge is 2.05.